The van der Waals surface area contributed by atoms with Gasteiger partial charge in [0, 0.05) is 5.92 Å². The molecule has 3 aromatic rings. The average molecular weight is 285 g/mol. The van der Waals surface area contributed by atoms with Crippen molar-refractivity contribution in [2.45, 2.75) is 38.5 Å². The van der Waals surface area contributed by atoms with Gasteiger partial charge >= 0.3 is 0 Å². The summed E-state index contributed by atoms with van der Waals surface area (Å²) >= 11 is 0. The van der Waals surface area contributed by atoms with E-state index in [0.717, 1.165) is 12.8 Å². The third-order valence-corrected chi connectivity index (χ3v) is 4.43. The minimum absolute atomic E-state index is 0.108. The standard InChI is InChI=1S/C22H21/c1-3-5-6-10-17(4-2)21-14-9-13-20-15-18-11-7-8-12-19(18)16-22(20)21/h7-9,11-17H,3,5-6,10H2,1H3. The molecule has 0 heteroatoms. The van der Waals surface area contributed by atoms with Crippen LogP contribution in [0.5, 0.6) is 0 Å². The molecule has 0 heterocycles. The van der Waals surface area contributed by atoms with E-state index in [1.54, 1.807) is 0 Å². The lowest BCUT2D eigenvalue weighted by molar-refractivity contribution is 0.639. The van der Waals surface area contributed by atoms with E-state index in [9.17, 15) is 0 Å². The molecular formula is C22H21. The number of hydrogen-bond acceptors (Lipinski definition) is 0. The van der Waals surface area contributed by atoms with Gasteiger partial charge in [-0.15, -0.1) is 0 Å². The second-order valence-electron chi connectivity index (χ2n) is 5.96. The number of benzene rings is 3. The van der Waals surface area contributed by atoms with E-state index in [1.807, 2.05) is 0 Å². The van der Waals surface area contributed by atoms with Crippen molar-refractivity contribution in [1.29, 1.82) is 0 Å². The van der Waals surface area contributed by atoms with Gasteiger partial charge in [-0.1, -0.05) is 74.6 Å². The molecule has 109 valence electrons. The summed E-state index contributed by atoms with van der Waals surface area (Å²) in [4.78, 5) is 0. The molecular weight excluding hydrogens is 264 g/mol. The molecule has 22 heavy (non-hydrogen) atoms. The summed E-state index contributed by atoms with van der Waals surface area (Å²) in [5, 5.41) is 5.06. The average Bonchev–Trinajstić information content (AvgIpc) is 2.57. The fourth-order valence-corrected chi connectivity index (χ4v) is 3.20. The molecule has 0 N–H and O–H groups in total. The highest BCUT2D eigenvalue weighted by Gasteiger charge is 2.12. The zero-order valence-electron chi connectivity index (χ0n) is 13.1. The van der Waals surface area contributed by atoms with Crippen LogP contribution < -0.4 is 0 Å². The van der Waals surface area contributed by atoms with Gasteiger partial charge in [-0.2, -0.15) is 0 Å². The Morgan fingerprint density at radius 3 is 2.36 bits per heavy atom. The maximum atomic E-state index is 7.72. The van der Waals surface area contributed by atoms with Crippen LogP contribution in [0.2, 0.25) is 0 Å². The topological polar surface area (TPSA) is 0 Å². The van der Waals surface area contributed by atoms with Crippen molar-refractivity contribution in [3.63, 3.8) is 0 Å². The smallest absolute Gasteiger partial charge is 0.0468 e. The largest absolute Gasteiger partial charge is 0.0809 e. The van der Waals surface area contributed by atoms with Crippen LogP contribution in [0.25, 0.3) is 21.5 Å². The molecule has 1 atom stereocenters. The fraction of sp³-hybridized carbons (Fsp3) is 0.273. The van der Waals surface area contributed by atoms with Crippen molar-refractivity contribution >= 4 is 21.5 Å². The Labute approximate surface area is 133 Å². The molecule has 1 radical (unpaired) electrons. The number of fused-ring (bicyclic) bond motifs is 2. The van der Waals surface area contributed by atoms with Gasteiger partial charge in [0.05, 0.1) is 0 Å². The van der Waals surface area contributed by atoms with E-state index in [4.69, 9.17) is 6.42 Å². The maximum absolute atomic E-state index is 7.72. The van der Waals surface area contributed by atoms with Gasteiger partial charge in [-0.05, 0) is 52.1 Å². The van der Waals surface area contributed by atoms with Crippen LogP contribution in [-0.2, 0) is 0 Å². The highest BCUT2D eigenvalue weighted by atomic mass is 14.1. The summed E-state index contributed by atoms with van der Waals surface area (Å²) in [5.41, 5.74) is 1.24. The van der Waals surface area contributed by atoms with E-state index in [-0.39, 0.29) is 5.92 Å². The van der Waals surface area contributed by atoms with Crippen LogP contribution in [0.3, 0.4) is 0 Å². The Hall–Kier alpha value is -2.26. The molecule has 3 rings (SSSR count). The Morgan fingerprint density at radius 1 is 0.909 bits per heavy atom. The maximum Gasteiger partial charge on any atom is 0.0468 e. The third-order valence-electron chi connectivity index (χ3n) is 4.43. The molecule has 3 aromatic carbocycles. The summed E-state index contributed by atoms with van der Waals surface area (Å²) < 4.78 is 0. The quantitative estimate of drug-likeness (QED) is 0.295. The first kappa shape index (κ1) is 14.7. The molecule has 0 fully saturated rings. The summed E-state index contributed by atoms with van der Waals surface area (Å²) in [6.45, 7) is 2.22. The van der Waals surface area contributed by atoms with Crippen molar-refractivity contribution in [2.75, 3.05) is 0 Å². The predicted molar refractivity (Wildman–Crippen MR) is 95.5 cm³/mol. The number of rotatable bonds is 5. The Morgan fingerprint density at radius 2 is 1.64 bits per heavy atom. The van der Waals surface area contributed by atoms with E-state index < -0.39 is 0 Å². The molecule has 0 aliphatic carbocycles. The Bertz CT molecular complexity index is 820. The molecule has 1 unspecified atom stereocenters. The van der Waals surface area contributed by atoms with Gasteiger partial charge in [-0.3, -0.25) is 0 Å². The lowest BCUT2D eigenvalue weighted by Crippen LogP contribution is -1.97. The Kier molecular flexibility index (Phi) is 4.45. The highest BCUT2D eigenvalue weighted by Crippen LogP contribution is 2.31. The Balaban J connectivity index is 2.08. The van der Waals surface area contributed by atoms with Crippen LogP contribution in [0.15, 0.2) is 54.6 Å². The molecule has 0 spiro atoms. The second-order valence-corrected chi connectivity index (χ2v) is 5.96. The minimum Gasteiger partial charge on any atom is -0.0809 e. The number of unbranched alkanes of at least 4 members (excludes halogenated alkanes) is 2. The monoisotopic (exact) mass is 285 g/mol. The van der Waals surface area contributed by atoms with Crippen LogP contribution in [-0.4, -0.2) is 0 Å². The van der Waals surface area contributed by atoms with E-state index in [2.05, 4.69) is 67.4 Å². The zero-order valence-corrected chi connectivity index (χ0v) is 13.1. The molecule has 0 aliphatic heterocycles. The first-order valence-corrected chi connectivity index (χ1v) is 8.17. The van der Waals surface area contributed by atoms with Crippen LogP contribution in [0.4, 0.5) is 0 Å². The summed E-state index contributed by atoms with van der Waals surface area (Å²) in [6.07, 6.45) is 12.3. The van der Waals surface area contributed by atoms with E-state index in [1.165, 1.54) is 39.9 Å². The second kappa shape index (κ2) is 6.67. The minimum atomic E-state index is 0.108. The van der Waals surface area contributed by atoms with Gasteiger partial charge in [0.25, 0.3) is 0 Å². The van der Waals surface area contributed by atoms with Crippen LogP contribution >= 0.6 is 0 Å². The summed E-state index contributed by atoms with van der Waals surface area (Å²) in [7, 11) is 0. The predicted octanol–water partition coefficient (Wildman–Crippen LogP) is 6.25. The van der Waals surface area contributed by atoms with Crippen molar-refractivity contribution in [3.8, 4) is 5.92 Å². The van der Waals surface area contributed by atoms with Crippen molar-refractivity contribution in [3.05, 3.63) is 66.6 Å². The molecule has 0 bridgehead atoms. The molecule has 0 aliphatic rings. The van der Waals surface area contributed by atoms with E-state index in [0.29, 0.717) is 0 Å². The third kappa shape index (κ3) is 2.85. The van der Waals surface area contributed by atoms with Gasteiger partial charge in [0.2, 0.25) is 0 Å². The van der Waals surface area contributed by atoms with Crippen molar-refractivity contribution in [1.82, 2.24) is 0 Å². The van der Waals surface area contributed by atoms with Crippen LogP contribution in [0, 0.1) is 12.3 Å². The first-order valence-electron chi connectivity index (χ1n) is 8.17. The fourth-order valence-electron chi connectivity index (χ4n) is 3.20. The van der Waals surface area contributed by atoms with Gasteiger partial charge in [-0.25, -0.2) is 0 Å². The van der Waals surface area contributed by atoms with Gasteiger partial charge < -0.3 is 0 Å². The highest BCUT2D eigenvalue weighted by molar-refractivity contribution is 5.99. The van der Waals surface area contributed by atoms with Gasteiger partial charge in [0.1, 0.15) is 0 Å². The van der Waals surface area contributed by atoms with Crippen molar-refractivity contribution in [2.24, 2.45) is 0 Å². The summed E-state index contributed by atoms with van der Waals surface area (Å²) in [6, 6.07) is 19.4. The molecule has 0 nitrogen and oxygen atoms in total. The van der Waals surface area contributed by atoms with Gasteiger partial charge in [0.15, 0.2) is 0 Å². The SMILES string of the molecule is [C]#CC(CCCCC)c1cccc2cc3ccccc3cc12. The molecule has 0 saturated carbocycles. The van der Waals surface area contributed by atoms with Crippen LogP contribution in [0.1, 0.15) is 44.1 Å². The van der Waals surface area contributed by atoms with Crippen molar-refractivity contribution < 1.29 is 0 Å². The lowest BCUT2D eigenvalue weighted by Gasteiger charge is -2.14. The number of hydrogen-bond donors (Lipinski definition) is 0. The normalized spacial score (nSPS) is 12.4. The molecule has 0 saturated heterocycles. The first-order chi connectivity index (χ1) is 10.8. The lowest BCUT2D eigenvalue weighted by atomic mass is 9.89. The molecule has 0 aromatic heterocycles. The molecule has 0 amide bonds. The summed E-state index contributed by atoms with van der Waals surface area (Å²) in [5.74, 6) is 2.88. The zero-order chi connectivity index (χ0) is 15.4. The van der Waals surface area contributed by atoms with E-state index >= 15 is 0 Å².